The second kappa shape index (κ2) is 6.29. The van der Waals surface area contributed by atoms with Crippen molar-refractivity contribution in [3.8, 4) is 11.5 Å². The van der Waals surface area contributed by atoms with Crippen molar-refractivity contribution >= 4 is 33.3 Å². The summed E-state index contributed by atoms with van der Waals surface area (Å²) >= 11 is 9.33. The summed E-state index contributed by atoms with van der Waals surface area (Å²) in [5.74, 6) is 0.993. The van der Waals surface area contributed by atoms with Gasteiger partial charge in [-0.2, -0.15) is 0 Å². The molecule has 2 rings (SSSR count). The smallest absolute Gasteiger partial charge is 0.197 e. The molecule has 5 heteroatoms. The maximum Gasteiger partial charge on any atom is 0.197 e. The van der Waals surface area contributed by atoms with Gasteiger partial charge < -0.3 is 9.47 Å². The Morgan fingerprint density at radius 3 is 2.40 bits per heavy atom. The predicted octanol–water partition coefficient (Wildman–Crippen LogP) is 4.35. The van der Waals surface area contributed by atoms with Gasteiger partial charge in [0.25, 0.3) is 0 Å². The summed E-state index contributed by atoms with van der Waals surface area (Å²) < 4.78 is 11.0. The molecule has 0 unspecified atom stereocenters. The van der Waals surface area contributed by atoms with Crippen molar-refractivity contribution in [2.45, 2.75) is 0 Å². The molecule has 0 saturated heterocycles. The molecule has 0 radical (unpaired) electrons. The molecule has 2 aromatic rings. The van der Waals surface area contributed by atoms with Gasteiger partial charge in [-0.3, -0.25) is 4.79 Å². The molecule has 0 aliphatic rings. The van der Waals surface area contributed by atoms with E-state index in [-0.39, 0.29) is 5.78 Å². The van der Waals surface area contributed by atoms with Crippen molar-refractivity contribution < 1.29 is 14.3 Å². The van der Waals surface area contributed by atoms with Gasteiger partial charge in [-0.15, -0.1) is 0 Å². The molecule has 0 atom stereocenters. The average molecular weight is 356 g/mol. The van der Waals surface area contributed by atoms with Gasteiger partial charge in [-0.25, -0.2) is 0 Å². The highest BCUT2D eigenvalue weighted by Gasteiger charge is 2.18. The molecule has 0 N–H and O–H groups in total. The van der Waals surface area contributed by atoms with Gasteiger partial charge in [0.1, 0.15) is 11.5 Å². The zero-order chi connectivity index (χ0) is 14.7. The van der Waals surface area contributed by atoms with Gasteiger partial charge in [-0.05, 0) is 52.3 Å². The molecule has 0 spiro atoms. The van der Waals surface area contributed by atoms with E-state index in [1.165, 1.54) is 7.11 Å². The maximum absolute atomic E-state index is 12.6. The Morgan fingerprint density at radius 2 is 1.80 bits per heavy atom. The summed E-state index contributed by atoms with van der Waals surface area (Å²) in [5.41, 5.74) is 0.942. The van der Waals surface area contributed by atoms with Crippen molar-refractivity contribution in [3.05, 3.63) is 57.0 Å². The third-order valence-electron chi connectivity index (χ3n) is 2.83. The van der Waals surface area contributed by atoms with E-state index in [9.17, 15) is 4.79 Å². The van der Waals surface area contributed by atoms with Crippen molar-refractivity contribution in [1.82, 2.24) is 0 Å². The minimum Gasteiger partial charge on any atom is -0.497 e. The highest BCUT2D eigenvalue weighted by molar-refractivity contribution is 9.10. The minimum atomic E-state index is -0.168. The maximum atomic E-state index is 12.6. The van der Waals surface area contributed by atoms with Gasteiger partial charge in [-0.1, -0.05) is 11.6 Å². The number of ether oxygens (including phenoxy) is 2. The van der Waals surface area contributed by atoms with Crippen LogP contribution in [0.15, 0.2) is 40.9 Å². The van der Waals surface area contributed by atoms with E-state index in [0.717, 1.165) is 0 Å². The van der Waals surface area contributed by atoms with Crippen molar-refractivity contribution in [2.24, 2.45) is 0 Å². The molecule has 104 valence electrons. The van der Waals surface area contributed by atoms with Crippen LogP contribution in [0.3, 0.4) is 0 Å². The number of methoxy groups -OCH3 is 2. The number of hydrogen-bond donors (Lipinski definition) is 0. The van der Waals surface area contributed by atoms with Crippen LogP contribution in [-0.4, -0.2) is 20.0 Å². The number of rotatable bonds is 4. The van der Waals surface area contributed by atoms with Crippen LogP contribution in [0.5, 0.6) is 11.5 Å². The number of carbonyl (C=O) groups excluding carboxylic acids is 1. The van der Waals surface area contributed by atoms with Crippen molar-refractivity contribution in [1.29, 1.82) is 0 Å². The van der Waals surface area contributed by atoms with E-state index in [4.69, 9.17) is 21.1 Å². The summed E-state index contributed by atoms with van der Waals surface area (Å²) in [7, 11) is 3.09. The van der Waals surface area contributed by atoms with E-state index in [2.05, 4.69) is 15.9 Å². The van der Waals surface area contributed by atoms with Crippen LogP contribution >= 0.6 is 27.5 Å². The second-order valence-electron chi connectivity index (χ2n) is 4.02. The van der Waals surface area contributed by atoms with Gasteiger partial charge >= 0.3 is 0 Å². The minimum absolute atomic E-state index is 0.168. The number of ketones is 1. The molecule has 20 heavy (non-hydrogen) atoms. The van der Waals surface area contributed by atoms with Gasteiger partial charge in [0.15, 0.2) is 5.78 Å². The molecule has 0 bridgehead atoms. The highest BCUT2D eigenvalue weighted by Crippen LogP contribution is 2.29. The molecular formula is C15H12BrClO3. The molecule has 0 amide bonds. The lowest BCUT2D eigenvalue weighted by Crippen LogP contribution is -2.05. The lowest BCUT2D eigenvalue weighted by Gasteiger charge is -2.10. The molecule has 3 nitrogen and oxygen atoms in total. The van der Waals surface area contributed by atoms with Gasteiger partial charge in [0, 0.05) is 15.1 Å². The molecule has 0 aliphatic heterocycles. The first-order chi connectivity index (χ1) is 9.56. The first-order valence-electron chi connectivity index (χ1n) is 5.78. The summed E-state index contributed by atoms with van der Waals surface area (Å²) in [6.07, 6.45) is 0. The standard InChI is InChI=1S/C15H12BrClO3/c1-19-10-4-5-11(13(16)8-10)15(18)12-7-9(17)3-6-14(12)20-2/h3-8H,1-2H3. The third-order valence-corrected chi connectivity index (χ3v) is 3.72. The average Bonchev–Trinajstić information content (AvgIpc) is 2.46. The summed E-state index contributed by atoms with van der Waals surface area (Å²) in [4.78, 5) is 12.6. The highest BCUT2D eigenvalue weighted by atomic mass is 79.9. The monoisotopic (exact) mass is 354 g/mol. The summed E-state index contributed by atoms with van der Waals surface area (Å²) in [6, 6.07) is 10.1. The number of carbonyl (C=O) groups is 1. The van der Waals surface area contributed by atoms with E-state index in [1.54, 1.807) is 43.5 Å². The van der Waals surface area contributed by atoms with Crippen molar-refractivity contribution in [2.75, 3.05) is 14.2 Å². The Morgan fingerprint density at radius 1 is 1.05 bits per heavy atom. The molecule has 0 saturated carbocycles. The fourth-order valence-electron chi connectivity index (χ4n) is 1.81. The predicted molar refractivity (Wildman–Crippen MR) is 82.1 cm³/mol. The van der Waals surface area contributed by atoms with Gasteiger partial charge in [0.2, 0.25) is 0 Å². The Hall–Kier alpha value is -1.52. The van der Waals surface area contributed by atoms with Crippen LogP contribution in [0.25, 0.3) is 0 Å². The lowest BCUT2D eigenvalue weighted by molar-refractivity contribution is 0.103. The Kier molecular flexibility index (Phi) is 4.68. The SMILES string of the molecule is COc1ccc(C(=O)c2cc(Cl)ccc2OC)c(Br)c1. The zero-order valence-electron chi connectivity index (χ0n) is 10.9. The Bertz CT molecular complexity index is 656. The number of benzene rings is 2. The van der Waals surface area contributed by atoms with Crippen LogP contribution in [0.2, 0.25) is 5.02 Å². The molecule has 0 aliphatic carbocycles. The Balaban J connectivity index is 2.48. The summed E-state index contributed by atoms with van der Waals surface area (Å²) in [5, 5.41) is 0.485. The van der Waals surface area contributed by atoms with Gasteiger partial charge in [0.05, 0.1) is 19.8 Å². The van der Waals surface area contributed by atoms with Crippen LogP contribution in [0.4, 0.5) is 0 Å². The molecule has 0 heterocycles. The normalized spacial score (nSPS) is 10.2. The second-order valence-corrected chi connectivity index (χ2v) is 5.31. The van der Waals surface area contributed by atoms with E-state index in [1.807, 2.05) is 0 Å². The zero-order valence-corrected chi connectivity index (χ0v) is 13.3. The fraction of sp³-hybridized carbons (Fsp3) is 0.133. The first kappa shape index (κ1) is 14.9. The Labute approximate surface area is 130 Å². The number of hydrogen-bond acceptors (Lipinski definition) is 3. The summed E-state index contributed by atoms with van der Waals surface area (Å²) in [6.45, 7) is 0. The molecular weight excluding hydrogens is 344 g/mol. The van der Waals surface area contributed by atoms with Crippen molar-refractivity contribution in [3.63, 3.8) is 0 Å². The molecule has 0 aromatic heterocycles. The van der Waals surface area contributed by atoms with Crippen LogP contribution in [-0.2, 0) is 0 Å². The third kappa shape index (κ3) is 2.97. The molecule has 0 fully saturated rings. The first-order valence-corrected chi connectivity index (χ1v) is 6.95. The van der Waals surface area contributed by atoms with E-state index < -0.39 is 0 Å². The molecule has 2 aromatic carbocycles. The van der Waals surface area contributed by atoms with Crippen LogP contribution in [0.1, 0.15) is 15.9 Å². The quantitative estimate of drug-likeness (QED) is 0.765. The number of halogens is 2. The van der Waals surface area contributed by atoms with Crippen LogP contribution < -0.4 is 9.47 Å². The van der Waals surface area contributed by atoms with Crippen LogP contribution in [0, 0.1) is 0 Å². The van der Waals surface area contributed by atoms with E-state index >= 15 is 0 Å². The lowest BCUT2D eigenvalue weighted by atomic mass is 10.0. The largest absolute Gasteiger partial charge is 0.497 e. The fourth-order valence-corrected chi connectivity index (χ4v) is 2.52. The van der Waals surface area contributed by atoms with E-state index in [0.29, 0.717) is 32.1 Å². The topological polar surface area (TPSA) is 35.5 Å².